The van der Waals surface area contributed by atoms with Crippen molar-refractivity contribution in [2.75, 3.05) is 5.32 Å². The summed E-state index contributed by atoms with van der Waals surface area (Å²) in [4.78, 5) is 22.4. The normalized spacial score (nSPS) is 19.2. The van der Waals surface area contributed by atoms with E-state index < -0.39 is 0 Å². The minimum Gasteiger partial charge on any atom is -0.351 e. The average molecular weight is 322 g/mol. The van der Waals surface area contributed by atoms with Gasteiger partial charge >= 0.3 is 0 Å². The fraction of sp³-hybridized carbons (Fsp3) is 0.500. The maximum absolute atomic E-state index is 4.63. The van der Waals surface area contributed by atoms with Crippen molar-refractivity contribution in [3.8, 4) is 11.4 Å². The van der Waals surface area contributed by atoms with Crippen LogP contribution in [0.1, 0.15) is 39.5 Å². The molecule has 2 aliphatic rings. The summed E-state index contributed by atoms with van der Waals surface area (Å²) in [6.45, 7) is 4.24. The van der Waals surface area contributed by atoms with E-state index in [-0.39, 0.29) is 0 Å². The fourth-order valence-electron chi connectivity index (χ4n) is 2.77. The molecule has 4 rings (SSSR count). The minimum absolute atomic E-state index is 0.371. The SMILES string of the molecule is C/C(=N\c1nc(N[C@H](C)C2CC2)nc(-c2cccnc2)n1)C1CC1. The molecule has 0 spiro atoms. The fourth-order valence-corrected chi connectivity index (χ4v) is 2.77. The highest BCUT2D eigenvalue weighted by Crippen LogP contribution is 2.34. The molecule has 1 atom stereocenters. The van der Waals surface area contributed by atoms with Crippen LogP contribution in [-0.2, 0) is 0 Å². The summed E-state index contributed by atoms with van der Waals surface area (Å²) in [5.41, 5.74) is 1.99. The first kappa shape index (κ1) is 15.2. The Balaban J connectivity index is 1.68. The second kappa shape index (κ2) is 6.26. The second-order valence-corrected chi connectivity index (χ2v) is 6.82. The van der Waals surface area contributed by atoms with Crippen LogP contribution in [0, 0.1) is 11.8 Å². The summed E-state index contributed by atoms with van der Waals surface area (Å²) >= 11 is 0. The number of nitrogens with zero attached hydrogens (tertiary/aromatic N) is 5. The lowest BCUT2D eigenvalue weighted by Gasteiger charge is -2.13. The van der Waals surface area contributed by atoms with Crippen LogP contribution in [0.15, 0.2) is 29.5 Å². The molecule has 2 aromatic rings. The van der Waals surface area contributed by atoms with Gasteiger partial charge in [0.15, 0.2) is 5.82 Å². The van der Waals surface area contributed by atoms with Crippen molar-refractivity contribution >= 4 is 17.6 Å². The van der Waals surface area contributed by atoms with Crippen molar-refractivity contribution in [2.24, 2.45) is 16.8 Å². The zero-order valence-corrected chi connectivity index (χ0v) is 14.1. The van der Waals surface area contributed by atoms with E-state index >= 15 is 0 Å². The van der Waals surface area contributed by atoms with Crippen LogP contribution in [0.5, 0.6) is 0 Å². The smallest absolute Gasteiger partial charge is 0.254 e. The summed E-state index contributed by atoms with van der Waals surface area (Å²) in [7, 11) is 0. The Labute approximate surface area is 141 Å². The largest absolute Gasteiger partial charge is 0.351 e. The molecule has 6 heteroatoms. The maximum atomic E-state index is 4.63. The summed E-state index contributed by atoms with van der Waals surface area (Å²) in [6, 6.07) is 4.21. The van der Waals surface area contributed by atoms with E-state index in [0.29, 0.717) is 29.7 Å². The van der Waals surface area contributed by atoms with E-state index in [0.717, 1.165) is 17.2 Å². The van der Waals surface area contributed by atoms with Crippen molar-refractivity contribution < 1.29 is 0 Å². The van der Waals surface area contributed by atoms with E-state index in [1.807, 2.05) is 12.1 Å². The molecule has 2 fully saturated rings. The lowest BCUT2D eigenvalue weighted by Crippen LogP contribution is -2.19. The molecule has 6 nitrogen and oxygen atoms in total. The molecule has 2 saturated carbocycles. The van der Waals surface area contributed by atoms with Crippen molar-refractivity contribution in [2.45, 2.75) is 45.6 Å². The molecule has 2 aromatic heterocycles. The Hall–Kier alpha value is -2.37. The number of hydrogen-bond acceptors (Lipinski definition) is 6. The van der Waals surface area contributed by atoms with Crippen LogP contribution in [0.2, 0.25) is 0 Å². The van der Waals surface area contributed by atoms with Crippen LogP contribution in [0.3, 0.4) is 0 Å². The Morgan fingerprint density at radius 3 is 2.71 bits per heavy atom. The van der Waals surface area contributed by atoms with Crippen molar-refractivity contribution in [1.29, 1.82) is 0 Å². The monoisotopic (exact) mass is 322 g/mol. The van der Waals surface area contributed by atoms with Crippen LogP contribution < -0.4 is 5.32 Å². The van der Waals surface area contributed by atoms with Crippen molar-refractivity contribution in [3.63, 3.8) is 0 Å². The van der Waals surface area contributed by atoms with Crippen molar-refractivity contribution in [3.05, 3.63) is 24.5 Å². The lowest BCUT2D eigenvalue weighted by atomic mass is 10.2. The summed E-state index contributed by atoms with van der Waals surface area (Å²) < 4.78 is 0. The second-order valence-electron chi connectivity index (χ2n) is 6.82. The standard InChI is InChI=1S/C18H22N6/c1-11(13-5-6-13)20-17-22-16(15-4-3-9-19-10-15)23-18(24-17)21-12(2)14-7-8-14/h3-4,9-11,13-14H,5-8H2,1-2H3,(H,20,22,23,24)/b21-12+/t11-/m1/s1. The van der Waals surface area contributed by atoms with Crippen LogP contribution >= 0.6 is 0 Å². The van der Waals surface area contributed by atoms with E-state index in [2.05, 4.69) is 44.1 Å². The molecule has 0 saturated heterocycles. The van der Waals surface area contributed by atoms with Crippen molar-refractivity contribution in [1.82, 2.24) is 19.9 Å². The highest BCUT2D eigenvalue weighted by Gasteiger charge is 2.29. The Morgan fingerprint density at radius 2 is 2.04 bits per heavy atom. The van der Waals surface area contributed by atoms with Gasteiger partial charge in [-0.15, -0.1) is 0 Å². The molecule has 2 heterocycles. The minimum atomic E-state index is 0.371. The molecular formula is C18H22N6. The summed E-state index contributed by atoms with van der Waals surface area (Å²) in [5, 5.41) is 3.42. The predicted octanol–water partition coefficient (Wildman–Crippen LogP) is 3.65. The molecule has 0 aromatic carbocycles. The number of aromatic nitrogens is 4. The van der Waals surface area contributed by atoms with Gasteiger partial charge in [-0.25, -0.2) is 4.99 Å². The molecule has 0 radical (unpaired) electrons. The third kappa shape index (κ3) is 3.58. The maximum Gasteiger partial charge on any atom is 0.254 e. The number of nitrogens with one attached hydrogen (secondary N) is 1. The quantitative estimate of drug-likeness (QED) is 0.822. The molecule has 0 bridgehead atoms. The van der Waals surface area contributed by atoms with Gasteiger partial charge in [-0.1, -0.05) is 0 Å². The van der Waals surface area contributed by atoms with E-state index in [4.69, 9.17) is 0 Å². The molecule has 1 N–H and O–H groups in total. The van der Waals surface area contributed by atoms with Crippen LogP contribution in [-0.4, -0.2) is 31.7 Å². The molecule has 124 valence electrons. The van der Waals surface area contributed by atoms with Crippen LogP contribution in [0.4, 0.5) is 11.9 Å². The summed E-state index contributed by atoms with van der Waals surface area (Å²) in [6.07, 6.45) is 8.51. The molecule has 0 aliphatic heterocycles. The Morgan fingerprint density at radius 1 is 1.21 bits per heavy atom. The van der Waals surface area contributed by atoms with Crippen LogP contribution in [0.25, 0.3) is 11.4 Å². The Kier molecular flexibility index (Phi) is 3.96. The lowest BCUT2D eigenvalue weighted by molar-refractivity contribution is 0.685. The van der Waals surface area contributed by atoms with Gasteiger partial charge in [0, 0.05) is 29.7 Å². The number of aliphatic imine (C=N–C) groups is 1. The van der Waals surface area contributed by atoms with Gasteiger partial charge in [-0.2, -0.15) is 15.0 Å². The van der Waals surface area contributed by atoms with E-state index in [1.54, 1.807) is 12.4 Å². The van der Waals surface area contributed by atoms with E-state index in [9.17, 15) is 0 Å². The van der Waals surface area contributed by atoms with Gasteiger partial charge < -0.3 is 5.32 Å². The van der Waals surface area contributed by atoms with Gasteiger partial charge in [0.1, 0.15) is 0 Å². The predicted molar refractivity (Wildman–Crippen MR) is 94.4 cm³/mol. The molecule has 0 unspecified atom stereocenters. The van der Waals surface area contributed by atoms with Gasteiger partial charge in [-0.3, -0.25) is 4.98 Å². The Bertz CT molecular complexity index is 749. The first-order chi connectivity index (χ1) is 11.7. The number of anilines is 1. The zero-order chi connectivity index (χ0) is 16.5. The molecular weight excluding hydrogens is 300 g/mol. The number of pyridine rings is 1. The van der Waals surface area contributed by atoms with Gasteiger partial charge in [0.05, 0.1) is 0 Å². The molecule has 0 amide bonds. The highest BCUT2D eigenvalue weighted by molar-refractivity contribution is 5.88. The zero-order valence-electron chi connectivity index (χ0n) is 14.1. The number of hydrogen-bond donors (Lipinski definition) is 1. The molecule has 24 heavy (non-hydrogen) atoms. The third-order valence-electron chi connectivity index (χ3n) is 4.67. The first-order valence-electron chi connectivity index (χ1n) is 8.67. The highest BCUT2D eigenvalue weighted by atomic mass is 15.2. The third-order valence-corrected chi connectivity index (χ3v) is 4.67. The summed E-state index contributed by atoms with van der Waals surface area (Å²) in [5.74, 6) is 3.03. The van der Waals surface area contributed by atoms with Gasteiger partial charge in [-0.05, 0) is 63.5 Å². The molecule has 2 aliphatic carbocycles. The van der Waals surface area contributed by atoms with E-state index in [1.165, 1.54) is 25.7 Å². The van der Waals surface area contributed by atoms with Gasteiger partial charge in [0.2, 0.25) is 5.95 Å². The topological polar surface area (TPSA) is 76.0 Å². The average Bonchev–Trinajstić information content (AvgIpc) is 3.48. The first-order valence-corrected chi connectivity index (χ1v) is 8.67. The number of rotatable bonds is 6. The van der Waals surface area contributed by atoms with Gasteiger partial charge in [0.25, 0.3) is 5.95 Å².